The van der Waals surface area contributed by atoms with Crippen LogP contribution in [0.15, 0.2) is 42.5 Å². The number of hydrogen-bond acceptors (Lipinski definition) is 5. The molecule has 35 heavy (non-hydrogen) atoms. The second kappa shape index (κ2) is 11.5. The van der Waals surface area contributed by atoms with E-state index in [1.54, 1.807) is 28.1 Å². The van der Waals surface area contributed by atoms with E-state index in [1.807, 2.05) is 24.3 Å². The molecule has 2 aromatic carbocycles. The summed E-state index contributed by atoms with van der Waals surface area (Å²) in [5.41, 5.74) is 4.08. The Bertz CT molecular complexity index is 1140. The van der Waals surface area contributed by atoms with E-state index < -0.39 is 11.6 Å². The summed E-state index contributed by atoms with van der Waals surface area (Å²) in [5, 5.41) is 9.73. The van der Waals surface area contributed by atoms with Gasteiger partial charge in [-0.25, -0.2) is 8.72 Å². The van der Waals surface area contributed by atoms with Crippen molar-refractivity contribution in [1.82, 2.24) is 7.85 Å². The molecule has 2 aliphatic carbocycles. The molecule has 0 unspecified atom stereocenters. The number of ether oxygens (including phenoxy) is 2. The lowest BCUT2D eigenvalue weighted by Gasteiger charge is -2.19. The van der Waals surface area contributed by atoms with Crippen molar-refractivity contribution in [3.05, 3.63) is 64.7 Å². The van der Waals surface area contributed by atoms with Gasteiger partial charge in [-0.05, 0) is 73.2 Å². The van der Waals surface area contributed by atoms with Gasteiger partial charge in [0.15, 0.2) is 0 Å². The van der Waals surface area contributed by atoms with Gasteiger partial charge in [0.1, 0.15) is 17.0 Å². The second-order valence-electron chi connectivity index (χ2n) is 8.61. The number of carbonyl (C=O) groups excluding carboxylic acids is 2. The number of hydrogen-bond donors (Lipinski definition) is 1. The molecular formula is C25H27Br3N2O5. The number of fused-ring (bicyclic) bond motifs is 2. The smallest absolute Gasteiger partial charge is 0.348 e. The largest absolute Gasteiger partial charge is 0.497 e. The highest BCUT2D eigenvalue weighted by atomic mass is 79.9. The fourth-order valence-electron chi connectivity index (χ4n) is 3.78. The number of halogens is 3. The highest BCUT2D eigenvalue weighted by molar-refractivity contribution is 9.09. The molecule has 5 rings (SSSR count). The highest BCUT2D eigenvalue weighted by Gasteiger charge is 2.50. The summed E-state index contributed by atoms with van der Waals surface area (Å²) in [6.07, 6.45) is 5.86. The number of aliphatic hydroxyl groups excluding tert-OH is 1. The van der Waals surface area contributed by atoms with Gasteiger partial charge in [0.2, 0.25) is 0 Å². The number of aliphatic hydroxyl groups is 1. The molecule has 10 heteroatoms. The van der Waals surface area contributed by atoms with Gasteiger partial charge >= 0.3 is 6.03 Å². The van der Waals surface area contributed by atoms with Crippen molar-refractivity contribution in [3.63, 3.8) is 0 Å². The minimum Gasteiger partial charge on any atom is -0.497 e. The Morgan fingerprint density at radius 1 is 1.00 bits per heavy atom. The third-order valence-corrected chi connectivity index (χ3v) is 8.58. The molecule has 0 bridgehead atoms. The van der Waals surface area contributed by atoms with Crippen LogP contribution in [0.5, 0.6) is 11.5 Å². The Morgan fingerprint density at radius 2 is 1.60 bits per heavy atom. The number of methoxy groups -OCH3 is 2. The molecule has 1 saturated heterocycles. The van der Waals surface area contributed by atoms with Crippen molar-refractivity contribution in [2.75, 3.05) is 14.2 Å². The third kappa shape index (κ3) is 5.93. The zero-order valence-electron chi connectivity index (χ0n) is 19.8. The van der Waals surface area contributed by atoms with Crippen molar-refractivity contribution in [3.8, 4) is 11.5 Å². The van der Waals surface area contributed by atoms with E-state index in [-0.39, 0.29) is 16.8 Å². The molecule has 1 N–H and O–H groups in total. The normalized spacial score (nSPS) is 21.0. The number of imide groups is 1. The predicted molar refractivity (Wildman–Crippen MR) is 146 cm³/mol. The Hall–Kier alpha value is -1.88. The number of allylic oxidation sites excluding steroid dienone is 1. The molecule has 0 radical (unpaired) electrons. The zero-order chi connectivity index (χ0) is 25.9. The summed E-state index contributed by atoms with van der Waals surface area (Å²) in [4.78, 5) is 22.5. The number of amides is 3. The molecule has 0 spiro atoms. The van der Waals surface area contributed by atoms with E-state index >= 15 is 0 Å². The standard InChI is InChI=1S/C10H11BrO2.C10H10O.C5H6Br2N2O2/c1-13-7-2-3-8-6(4-7)5-9(11)10(8)12;1-11-10-6-5-8-3-2-4-9(8)7-10;1-5(2)3(10)8(6)4(11)9(5)7/h2-4,9-10,12H,5H2,1H3;2-3,5-7H,4H2,1H3;1-2H3/t9-,10-;;/m0../s1. The van der Waals surface area contributed by atoms with Crippen LogP contribution in [0.2, 0.25) is 0 Å². The maximum absolute atomic E-state index is 11.2. The second-order valence-corrected chi connectivity index (χ2v) is 11.2. The number of nitrogens with zero attached hydrogens (tertiary/aromatic N) is 2. The van der Waals surface area contributed by atoms with E-state index in [0.29, 0.717) is 0 Å². The number of alkyl halides is 1. The summed E-state index contributed by atoms with van der Waals surface area (Å²) in [7, 11) is 3.35. The van der Waals surface area contributed by atoms with Crippen molar-refractivity contribution >= 4 is 66.2 Å². The zero-order valence-corrected chi connectivity index (χ0v) is 24.6. The molecule has 1 fully saturated rings. The van der Waals surface area contributed by atoms with Gasteiger partial charge in [0.05, 0.1) is 52.6 Å². The van der Waals surface area contributed by atoms with Gasteiger partial charge < -0.3 is 14.6 Å². The van der Waals surface area contributed by atoms with Crippen LogP contribution in [0.1, 0.15) is 42.2 Å². The third-order valence-electron chi connectivity index (χ3n) is 5.94. The summed E-state index contributed by atoms with van der Waals surface area (Å²) in [6.45, 7) is 3.31. The SMILES string of the molecule is CC1(C)C(=O)N(Br)C(=O)N1Br.COc1ccc2c(c1)CC=C2.COc1ccc2c(c1)C[C@H](Br)[C@H]2O. The van der Waals surface area contributed by atoms with E-state index in [0.717, 1.165) is 33.8 Å². The van der Waals surface area contributed by atoms with Crippen LogP contribution in [-0.2, 0) is 17.6 Å². The maximum atomic E-state index is 11.2. The molecule has 188 valence electrons. The molecule has 0 aromatic heterocycles. The van der Waals surface area contributed by atoms with Crippen molar-refractivity contribution < 1.29 is 24.2 Å². The van der Waals surface area contributed by atoms with Gasteiger partial charge in [-0.15, -0.1) is 0 Å². The summed E-state index contributed by atoms with van der Waals surface area (Å²) in [6, 6.07) is 11.6. The Labute approximate surface area is 230 Å². The minimum absolute atomic E-state index is 0.148. The predicted octanol–water partition coefficient (Wildman–Crippen LogP) is 5.96. The number of carbonyl (C=O) groups is 2. The van der Waals surface area contributed by atoms with Gasteiger partial charge in [0, 0.05) is 4.83 Å². The van der Waals surface area contributed by atoms with Crippen LogP contribution < -0.4 is 9.47 Å². The Balaban J connectivity index is 0.000000148. The van der Waals surface area contributed by atoms with Crippen LogP contribution in [0.4, 0.5) is 4.79 Å². The van der Waals surface area contributed by atoms with Crippen molar-refractivity contribution in [2.45, 2.75) is 43.2 Å². The quantitative estimate of drug-likeness (QED) is 0.242. The van der Waals surface area contributed by atoms with Crippen molar-refractivity contribution in [1.29, 1.82) is 0 Å². The lowest BCUT2D eigenvalue weighted by Crippen LogP contribution is -2.37. The summed E-state index contributed by atoms with van der Waals surface area (Å²) in [5.74, 6) is 1.53. The Morgan fingerprint density at radius 3 is 2.11 bits per heavy atom. The van der Waals surface area contributed by atoms with E-state index in [9.17, 15) is 14.7 Å². The average molecular weight is 675 g/mol. The number of urea groups is 1. The first-order chi connectivity index (χ1) is 16.5. The first kappa shape index (κ1) is 27.7. The van der Waals surface area contributed by atoms with Gasteiger partial charge in [-0.1, -0.05) is 40.2 Å². The first-order valence-corrected chi connectivity index (χ1v) is 13.2. The fourth-order valence-corrected chi connectivity index (χ4v) is 5.53. The maximum Gasteiger partial charge on any atom is 0.348 e. The van der Waals surface area contributed by atoms with Gasteiger partial charge in [-0.2, -0.15) is 3.93 Å². The summed E-state index contributed by atoms with van der Waals surface area (Å²) >= 11 is 9.28. The minimum atomic E-state index is -0.805. The lowest BCUT2D eigenvalue weighted by molar-refractivity contribution is -0.127. The molecule has 2 aromatic rings. The van der Waals surface area contributed by atoms with Gasteiger partial charge in [-0.3, -0.25) is 4.79 Å². The summed E-state index contributed by atoms with van der Waals surface area (Å²) < 4.78 is 12.3. The van der Waals surface area contributed by atoms with Crippen LogP contribution >= 0.6 is 48.2 Å². The average Bonchev–Trinajstić information content (AvgIpc) is 3.48. The monoisotopic (exact) mass is 672 g/mol. The molecule has 3 amide bonds. The van der Waals surface area contributed by atoms with Crippen LogP contribution in [0.3, 0.4) is 0 Å². The van der Waals surface area contributed by atoms with Crippen LogP contribution in [-0.4, -0.2) is 49.5 Å². The highest BCUT2D eigenvalue weighted by Crippen LogP contribution is 2.37. The molecule has 1 heterocycles. The van der Waals surface area contributed by atoms with E-state index in [1.165, 1.54) is 20.6 Å². The molecule has 7 nitrogen and oxygen atoms in total. The van der Waals surface area contributed by atoms with E-state index in [2.05, 4.69) is 72.5 Å². The topological polar surface area (TPSA) is 79.3 Å². The lowest BCUT2D eigenvalue weighted by atomic mass is 10.1. The van der Waals surface area contributed by atoms with Crippen LogP contribution in [0, 0.1) is 0 Å². The fraction of sp³-hybridized carbons (Fsp3) is 0.360. The van der Waals surface area contributed by atoms with Crippen molar-refractivity contribution in [2.24, 2.45) is 0 Å². The molecule has 0 saturated carbocycles. The van der Waals surface area contributed by atoms with E-state index in [4.69, 9.17) is 9.47 Å². The van der Waals surface area contributed by atoms with Crippen LogP contribution in [0.25, 0.3) is 6.08 Å². The number of benzene rings is 2. The van der Waals surface area contributed by atoms with Gasteiger partial charge in [0.25, 0.3) is 5.91 Å². The first-order valence-electron chi connectivity index (χ1n) is 10.8. The molecule has 2 atom stereocenters. The number of rotatable bonds is 2. The molecular weight excluding hydrogens is 648 g/mol. The Kier molecular flexibility index (Phi) is 9.06. The molecule has 1 aliphatic heterocycles. The molecule has 3 aliphatic rings.